The van der Waals surface area contributed by atoms with Gasteiger partial charge in [0, 0.05) is 25.9 Å². The largest absolute Gasteiger partial charge is 0.501 e. The van der Waals surface area contributed by atoms with Gasteiger partial charge in [0.25, 0.3) is 5.56 Å². The highest BCUT2D eigenvalue weighted by atomic mass is 16.5. The van der Waals surface area contributed by atoms with E-state index in [0.717, 1.165) is 0 Å². The molecule has 26 heavy (non-hydrogen) atoms. The molecule has 10 heteroatoms. The first-order chi connectivity index (χ1) is 12.4. The first-order valence-electron chi connectivity index (χ1n) is 8.41. The molecule has 1 spiro atoms. The number of rotatable bonds is 2. The second-order valence-electron chi connectivity index (χ2n) is 6.11. The van der Waals surface area contributed by atoms with Crippen LogP contribution in [0.25, 0.3) is 0 Å². The molecule has 1 saturated heterocycles. The Morgan fingerprint density at radius 3 is 2.62 bits per heavy atom. The van der Waals surface area contributed by atoms with Crippen LogP contribution in [-0.2, 0) is 26.4 Å². The van der Waals surface area contributed by atoms with E-state index in [0.29, 0.717) is 25.9 Å². The molecule has 3 heterocycles. The molecule has 1 aromatic rings. The molecule has 0 aliphatic carbocycles. The first-order valence-corrected chi connectivity index (χ1v) is 8.41. The number of esters is 1. The molecule has 0 radical (unpaired) electrons. The van der Waals surface area contributed by atoms with Crippen LogP contribution in [0.3, 0.4) is 0 Å². The van der Waals surface area contributed by atoms with Crippen molar-refractivity contribution in [1.29, 1.82) is 0 Å². The van der Waals surface area contributed by atoms with E-state index >= 15 is 0 Å². The van der Waals surface area contributed by atoms with Crippen LogP contribution in [0.4, 0.5) is 4.79 Å². The van der Waals surface area contributed by atoms with Crippen molar-refractivity contribution in [2.75, 3.05) is 33.4 Å². The van der Waals surface area contributed by atoms with Crippen LogP contribution in [-0.4, -0.2) is 65.0 Å². The van der Waals surface area contributed by atoms with Crippen LogP contribution in [0.5, 0.6) is 5.75 Å². The monoisotopic (exact) mass is 367 g/mol. The van der Waals surface area contributed by atoms with Gasteiger partial charge >= 0.3 is 12.1 Å². The molecule has 2 aliphatic rings. The molecule has 1 N–H and O–H groups in total. The number of hydrogen-bond donors (Lipinski definition) is 1. The summed E-state index contributed by atoms with van der Waals surface area (Å²) in [5.41, 5.74) is -2.02. The summed E-state index contributed by atoms with van der Waals surface area (Å²) in [5.74, 6) is -1.31. The van der Waals surface area contributed by atoms with Crippen molar-refractivity contribution in [3.05, 3.63) is 21.9 Å². The highest BCUT2D eigenvalue weighted by Crippen LogP contribution is 2.38. The average Bonchev–Trinajstić information content (AvgIpc) is 2.65. The van der Waals surface area contributed by atoms with Crippen LogP contribution in [0, 0.1) is 0 Å². The molecule has 1 aromatic heterocycles. The van der Waals surface area contributed by atoms with E-state index in [1.54, 1.807) is 11.8 Å². The molecule has 2 aliphatic heterocycles. The summed E-state index contributed by atoms with van der Waals surface area (Å²) in [6, 6.07) is 0. The number of piperidine rings is 1. The van der Waals surface area contributed by atoms with Gasteiger partial charge in [0.05, 0.1) is 26.9 Å². The summed E-state index contributed by atoms with van der Waals surface area (Å²) in [6.45, 7) is 2.92. The minimum atomic E-state index is -0.906. The Labute approximate surface area is 149 Å². The number of likely N-dealkylation sites (tertiary alicyclic amines) is 1. The number of nitrogens with zero attached hydrogens (tertiary/aromatic N) is 3. The van der Waals surface area contributed by atoms with Crippen molar-refractivity contribution in [3.63, 3.8) is 0 Å². The Morgan fingerprint density at radius 1 is 1.31 bits per heavy atom. The summed E-state index contributed by atoms with van der Waals surface area (Å²) >= 11 is 0. The maximum Gasteiger partial charge on any atom is 0.409 e. The van der Waals surface area contributed by atoms with Gasteiger partial charge in [-0.05, 0) is 6.92 Å². The van der Waals surface area contributed by atoms with Gasteiger partial charge in [0.1, 0.15) is 11.4 Å². The van der Waals surface area contributed by atoms with Gasteiger partial charge in [-0.3, -0.25) is 9.36 Å². The zero-order chi connectivity index (χ0) is 18.9. The molecule has 10 nitrogen and oxygen atoms in total. The summed E-state index contributed by atoms with van der Waals surface area (Å²) < 4.78 is 16.9. The van der Waals surface area contributed by atoms with Gasteiger partial charge in [-0.15, -0.1) is 0 Å². The Kier molecular flexibility index (Phi) is 4.86. The molecule has 0 unspecified atom stereocenters. The molecular formula is C16H21N3O7. The third kappa shape index (κ3) is 2.90. The van der Waals surface area contributed by atoms with Gasteiger partial charge in [-0.1, -0.05) is 0 Å². The number of carbonyl (C=O) groups excluding carboxylic acids is 2. The third-order valence-corrected chi connectivity index (χ3v) is 4.72. The van der Waals surface area contributed by atoms with Crippen molar-refractivity contribution < 1.29 is 28.9 Å². The number of amides is 1. The van der Waals surface area contributed by atoms with E-state index in [4.69, 9.17) is 14.2 Å². The maximum absolute atomic E-state index is 12.5. The fraction of sp³-hybridized carbons (Fsp3) is 0.625. The lowest BCUT2D eigenvalue weighted by atomic mass is 9.89. The predicted molar refractivity (Wildman–Crippen MR) is 87.0 cm³/mol. The maximum atomic E-state index is 12.5. The molecule has 3 rings (SSSR count). The molecule has 0 bridgehead atoms. The Balaban J connectivity index is 2.00. The van der Waals surface area contributed by atoms with Gasteiger partial charge in [-0.25, -0.2) is 14.6 Å². The van der Waals surface area contributed by atoms with Crippen LogP contribution in [0.15, 0.2) is 4.79 Å². The molecule has 142 valence electrons. The number of carbonyl (C=O) groups is 2. The third-order valence-electron chi connectivity index (χ3n) is 4.72. The molecule has 0 atom stereocenters. The predicted octanol–water partition coefficient (Wildman–Crippen LogP) is 0.213. The summed E-state index contributed by atoms with van der Waals surface area (Å²) in [7, 11) is 1.31. The number of methoxy groups -OCH3 is 1. The van der Waals surface area contributed by atoms with Crippen LogP contribution >= 0.6 is 0 Å². The lowest BCUT2D eigenvalue weighted by Gasteiger charge is -2.43. The quantitative estimate of drug-likeness (QED) is 0.737. The fourth-order valence-corrected chi connectivity index (χ4v) is 3.39. The number of fused-ring (bicyclic) bond motifs is 2. The van der Waals surface area contributed by atoms with Gasteiger partial charge in [0.15, 0.2) is 5.69 Å². The van der Waals surface area contributed by atoms with Gasteiger partial charge < -0.3 is 24.2 Å². The number of hydrogen-bond acceptors (Lipinski definition) is 8. The van der Waals surface area contributed by atoms with Gasteiger partial charge in [0.2, 0.25) is 5.75 Å². The van der Waals surface area contributed by atoms with E-state index in [9.17, 15) is 19.5 Å². The highest BCUT2D eigenvalue weighted by molar-refractivity contribution is 5.90. The standard InChI is InChI=1S/C16H21N3O7/c1-3-25-13(22)10-11(20)12(21)19-8-9-26-16(14(19)17-10)4-6-18(7-5-16)15(23)24-2/h20H,3-9H2,1-2H3. The van der Waals surface area contributed by atoms with Crippen molar-refractivity contribution in [2.45, 2.75) is 31.9 Å². The topological polar surface area (TPSA) is 120 Å². The molecule has 0 saturated carbocycles. The summed E-state index contributed by atoms with van der Waals surface area (Å²) in [6.07, 6.45) is 0.349. The summed E-state index contributed by atoms with van der Waals surface area (Å²) in [5, 5.41) is 10.1. The minimum absolute atomic E-state index is 0.0914. The Morgan fingerprint density at radius 2 is 2.00 bits per heavy atom. The summed E-state index contributed by atoms with van der Waals surface area (Å²) in [4.78, 5) is 42.0. The zero-order valence-corrected chi connectivity index (χ0v) is 14.7. The Hall–Kier alpha value is -2.62. The number of aromatic hydroxyl groups is 1. The van der Waals surface area contributed by atoms with Crippen LogP contribution in [0.1, 0.15) is 36.1 Å². The van der Waals surface area contributed by atoms with Crippen LogP contribution < -0.4 is 5.56 Å². The number of aromatic nitrogens is 2. The second-order valence-corrected chi connectivity index (χ2v) is 6.11. The van der Waals surface area contributed by atoms with Crippen molar-refractivity contribution >= 4 is 12.1 Å². The Bertz CT molecular complexity index is 781. The molecule has 1 fully saturated rings. The average molecular weight is 367 g/mol. The van der Waals surface area contributed by atoms with Crippen molar-refractivity contribution in [2.24, 2.45) is 0 Å². The van der Waals surface area contributed by atoms with Crippen LogP contribution in [0.2, 0.25) is 0 Å². The first kappa shape index (κ1) is 18.2. The van der Waals surface area contributed by atoms with E-state index in [1.165, 1.54) is 11.7 Å². The van der Waals surface area contributed by atoms with E-state index < -0.39 is 34.7 Å². The highest BCUT2D eigenvalue weighted by Gasteiger charge is 2.45. The second kappa shape index (κ2) is 6.94. The van der Waals surface area contributed by atoms with E-state index in [-0.39, 0.29) is 25.6 Å². The van der Waals surface area contributed by atoms with Crippen molar-refractivity contribution in [1.82, 2.24) is 14.5 Å². The molecule has 1 amide bonds. The fourth-order valence-electron chi connectivity index (χ4n) is 3.39. The normalized spacial score (nSPS) is 18.3. The lowest BCUT2D eigenvalue weighted by Crippen LogP contribution is -2.52. The molecular weight excluding hydrogens is 346 g/mol. The van der Waals surface area contributed by atoms with Crippen molar-refractivity contribution in [3.8, 4) is 5.75 Å². The lowest BCUT2D eigenvalue weighted by molar-refractivity contribution is -0.114. The minimum Gasteiger partial charge on any atom is -0.501 e. The zero-order valence-electron chi connectivity index (χ0n) is 14.7. The SMILES string of the molecule is CCOC(=O)c1nc2n(c(=O)c1O)CCOC21CCN(C(=O)OC)CC1. The molecule has 0 aromatic carbocycles. The smallest absolute Gasteiger partial charge is 0.409 e. The van der Waals surface area contributed by atoms with E-state index in [2.05, 4.69) is 4.98 Å². The van der Waals surface area contributed by atoms with Gasteiger partial charge in [-0.2, -0.15) is 0 Å². The van der Waals surface area contributed by atoms with E-state index in [1.807, 2.05) is 0 Å². The number of ether oxygens (including phenoxy) is 3.